The molecule has 3 heterocycles. The van der Waals surface area contributed by atoms with E-state index in [4.69, 9.17) is 4.74 Å². The van der Waals surface area contributed by atoms with E-state index in [0.29, 0.717) is 32.5 Å². The number of aromatic nitrogens is 2. The van der Waals surface area contributed by atoms with Gasteiger partial charge in [-0.1, -0.05) is 6.92 Å². The molecule has 4 rings (SSSR count). The second kappa shape index (κ2) is 8.38. The highest BCUT2D eigenvalue weighted by Crippen LogP contribution is 2.27. The first-order chi connectivity index (χ1) is 14.5. The second-order valence-electron chi connectivity index (χ2n) is 7.82. The maximum atomic E-state index is 13.4. The molecule has 0 bridgehead atoms. The highest BCUT2D eigenvalue weighted by atomic mass is 16.5. The van der Waals surface area contributed by atoms with Crippen LogP contribution in [-0.2, 0) is 16.1 Å². The minimum absolute atomic E-state index is 0.000492. The third-order valence-corrected chi connectivity index (χ3v) is 5.95. The van der Waals surface area contributed by atoms with E-state index in [2.05, 4.69) is 10.00 Å². The van der Waals surface area contributed by atoms with E-state index >= 15 is 0 Å². The molecule has 0 unspecified atom stereocenters. The molecule has 2 aromatic rings. The minimum Gasteiger partial charge on any atom is -0.497 e. The average molecular weight is 412 g/mol. The maximum Gasteiger partial charge on any atom is 0.245 e. The van der Waals surface area contributed by atoms with Crippen LogP contribution in [0.2, 0.25) is 0 Å². The molecule has 1 atom stereocenters. The van der Waals surface area contributed by atoms with Crippen LogP contribution in [0.5, 0.6) is 5.75 Å². The molecule has 2 aliphatic rings. The molecule has 0 spiro atoms. The average Bonchev–Trinajstić information content (AvgIpc) is 3.16. The maximum absolute atomic E-state index is 13.4. The zero-order valence-electron chi connectivity index (χ0n) is 17.9. The van der Waals surface area contributed by atoms with Crippen molar-refractivity contribution in [2.75, 3.05) is 43.1 Å². The summed E-state index contributed by atoms with van der Waals surface area (Å²) in [6, 6.07) is 9.40. The summed E-state index contributed by atoms with van der Waals surface area (Å²) in [5, 5.41) is 4.46. The van der Waals surface area contributed by atoms with Gasteiger partial charge in [-0.3, -0.25) is 14.5 Å². The van der Waals surface area contributed by atoms with Crippen molar-refractivity contribution >= 4 is 23.3 Å². The SMILES string of the molecule is CC[C@@H](C(=O)N1CCN(c2ccc(OC)cc2)CC1)N1C(=O)CCn2nc(C)cc21. The van der Waals surface area contributed by atoms with Gasteiger partial charge < -0.3 is 14.5 Å². The number of anilines is 2. The first-order valence-corrected chi connectivity index (χ1v) is 10.6. The van der Waals surface area contributed by atoms with Crippen molar-refractivity contribution in [2.24, 2.45) is 0 Å². The Morgan fingerprint density at radius 1 is 1.13 bits per heavy atom. The van der Waals surface area contributed by atoms with E-state index in [1.165, 1.54) is 0 Å². The van der Waals surface area contributed by atoms with Gasteiger partial charge in [0.2, 0.25) is 11.8 Å². The lowest BCUT2D eigenvalue weighted by molar-refractivity contribution is -0.135. The second-order valence-corrected chi connectivity index (χ2v) is 7.82. The summed E-state index contributed by atoms with van der Waals surface area (Å²) in [4.78, 5) is 32.0. The fourth-order valence-corrected chi connectivity index (χ4v) is 4.33. The van der Waals surface area contributed by atoms with Crippen LogP contribution in [-0.4, -0.2) is 65.8 Å². The molecule has 8 nitrogen and oxygen atoms in total. The summed E-state index contributed by atoms with van der Waals surface area (Å²) >= 11 is 0. The van der Waals surface area contributed by atoms with Gasteiger partial charge in [0.15, 0.2) is 0 Å². The van der Waals surface area contributed by atoms with Crippen molar-refractivity contribution in [3.05, 3.63) is 36.0 Å². The number of hydrogen-bond donors (Lipinski definition) is 0. The lowest BCUT2D eigenvalue weighted by atomic mass is 10.1. The molecule has 160 valence electrons. The molecule has 0 saturated carbocycles. The van der Waals surface area contributed by atoms with E-state index in [9.17, 15) is 9.59 Å². The fourth-order valence-electron chi connectivity index (χ4n) is 4.33. The van der Waals surface area contributed by atoms with Crippen LogP contribution in [0.4, 0.5) is 11.5 Å². The summed E-state index contributed by atoms with van der Waals surface area (Å²) in [6.45, 7) is 7.26. The molecular weight excluding hydrogens is 382 g/mol. The standard InChI is InChI=1S/C22H29N5O3/c1-4-19(27-20-15-16(2)23-26(20)10-9-21(27)28)22(29)25-13-11-24(12-14-25)17-5-7-18(30-3)8-6-17/h5-8,15,19H,4,9-14H2,1-3H3/t19-/m0/s1. The predicted octanol–water partition coefficient (Wildman–Crippen LogP) is 2.06. The highest BCUT2D eigenvalue weighted by molar-refractivity contribution is 6.01. The number of rotatable bonds is 5. The fraction of sp³-hybridized carbons (Fsp3) is 0.500. The third kappa shape index (κ3) is 3.74. The molecule has 0 aliphatic carbocycles. The van der Waals surface area contributed by atoms with E-state index in [1.54, 1.807) is 12.0 Å². The Balaban J connectivity index is 1.45. The molecule has 1 fully saturated rings. The van der Waals surface area contributed by atoms with Gasteiger partial charge in [0, 0.05) is 44.4 Å². The Morgan fingerprint density at radius 2 is 1.83 bits per heavy atom. The van der Waals surface area contributed by atoms with Gasteiger partial charge in [-0.15, -0.1) is 0 Å². The van der Waals surface area contributed by atoms with Gasteiger partial charge in [-0.25, -0.2) is 4.68 Å². The number of carbonyl (C=O) groups is 2. The largest absolute Gasteiger partial charge is 0.497 e. The first kappa shape index (κ1) is 20.3. The van der Waals surface area contributed by atoms with Crippen LogP contribution < -0.4 is 14.5 Å². The first-order valence-electron chi connectivity index (χ1n) is 10.6. The Bertz CT molecular complexity index is 915. The molecule has 1 aromatic heterocycles. The topological polar surface area (TPSA) is 70.9 Å². The zero-order valence-corrected chi connectivity index (χ0v) is 17.9. The Hall–Kier alpha value is -3.03. The Kier molecular flexibility index (Phi) is 5.65. The monoisotopic (exact) mass is 411 g/mol. The Labute approximate surface area is 177 Å². The third-order valence-electron chi connectivity index (χ3n) is 5.95. The summed E-state index contributed by atoms with van der Waals surface area (Å²) < 4.78 is 7.07. The van der Waals surface area contributed by atoms with Gasteiger partial charge in [0.05, 0.1) is 19.3 Å². The smallest absolute Gasteiger partial charge is 0.245 e. The zero-order chi connectivity index (χ0) is 21.3. The summed E-state index contributed by atoms with van der Waals surface area (Å²) in [7, 11) is 1.66. The molecule has 0 N–H and O–H groups in total. The van der Waals surface area contributed by atoms with Crippen molar-refractivity contribution in [2.45, 2.75) is 39.3 Å². The van der Waals surface area contributed by atoms with E-state index < -0.39 is 6.04 Å². The van der Waals surface area contributed by atoms with Gasteiger partial charge in [-0.2, -0.15) is 5.10 Å². The van der Waals surface area contributed by atoms with Crippen LogP contribution in [0.3, 0.4) is 0 Å². The van der Waals surface area contributed by atoms with Gasteiger partial charge in [-0.05, 0) is 37.6 Å². The number of fused-ring (bicyclic) bond motifs is 1. The quantitative estimate of drug-likeness (QED) is 0.753. The van der Waals surface area contributed by atoms with Crippen LogP contribution >= 0.6 is 0 Å². The van der Waals surface area contributed by atoms with Crippen molar-refractivity contribution in [3.8, 4) is 5.75 Å². The van der Waals surface area contributed by atoms with Crippen molar-refractivity contribution in [1.82, 2.24) is 14.7 Å². The van der Waals surface area contributed by atoms with Gasteiger partial charge in [0.1, 0.15) is 17.6 Å². The molecule has 0 radical (unpaired) electrons. The molecule has 1 saturated heterocycles. The van der Waals surface area contributed by atoms with Crippen LogP contribution in [0.1, 0.15) is 25.5 Å². The molecule has 2 amide bonds. The summed E-state index contributed by atoms with van der Waals surface area (Å²) in [5.74, 6) is 1.59. The molecular formula is C22H29N5O3. The number of aryl methyl sites for hydroxylation is 2. The molecule has 2 aliphatic heterocycles. The minimum atomic E-state index is -0.486. The van der Waals surface area contributed by atoms with Gasteiger partial charge >= 0.3 is 0 Å². The van der Waals surface area contributed by atoms with E-state index in [0.717, 1.165) is 36.0 Å². The van der Waals surface area contributed by atoms with E-state index in [-0.39, 0.29) is 11.8 Å². The number of ether oxygens (including phenoxy) is 1. The van der Waals surface area contributed by atoms with Crippen LogP contribution in [0, 0.1) is 6.92 Å². The highest BCUT2D eigenvalue weighted by Gasteiger charge is 2.37. The summed E-state index contributed by atoms with van der Waals surface area (Å²) in [5.41, 5.74) is 1.99. The predicted molar refractivity (Wildman–Crippen MR) is 115 cm³/mol. The van der Waals surface area contributed by atoms with Crippen LogP contribution in [0.25, 0.3) is 0 Å². The van der Waals surface area contributed by atoms with Crippen LogP contribution in [0.15, 0.2) is 30.3 Å². The van der Waals surface area contributed by atoms with Gasteiger partial charge in [0.25, 0.3) is 0 Å². The molecule has 8 heteroatoms. The van der Waals surface area contributed by atoms with Crippen molar-refractivity contribution < 1.29 is 14.3 Å². The van der Waals surface area contributed by atoms with Crippen molar-refractivity contribution in [3.63, 3.8) is 0 Å². The number of nitrogens with zero attached hydrogens (tertiary/aromatic N) is 5. The summed E-state index contributed by atoms with van der Waals surface area (Å²) in [6.07, 6.45) is 0.955. The lowest BCUT2D eigenvalue weighted by Crippen LogP contribution is -2.57. The van der Waals surface area contributed by atoms with Crippen molar-refractivity contribution in [1.29, 1.82) is 0 Å². The Morgan fingerprint density at radius 3 is 2.47 bits per heavy atom. The number of methoxy groups -OCH3 is 1. The molecule has 30 heavy (non-hydrogen) atoms. The lowest BCUT2D eigenvalue weighted by Gasteiger charge is -2.40. The number of piperazine rings is 1. The van der Waals surface area contributed by atoms with E-state index in [1.807, 2.05) is 53.8 Å². The number of amides is 2. The molecule has 1 aromatic carbocycles. The number of carbonyl (C=O) groups excluding carboxylic acids is 2. The number of hydrogen-bond acceptors (Lipinski definition) is 5. The normalized spacial score (nSPS) is 17.7. The number of benzene rings is 1.